The van der Waals surface area contributed by atoms with E-state index in [1.165, 1.54) is 10.8 Å². The molecule has 41 heavy (non-hydrogen) atoms. The minimum absolute atomic E-state index is 0.517. The Bertz CT molecular complexity index is 2200. The van der Waals surface area contributed by atoms with E-state index in [-0.39, 0.29) is 0 Å². The topological polar surface area (TPSA) is 64.7 Å². The largest absolute Gasteiger partial charge is 0.456 e. The van der Waals surface area contributed by atoms with Gasteiger partial charge in [0, 0.05) is 33.7 Å². The quantitative estimate of drug-likeness (QED) is 0.229. The van der Waals surface area contributed by atoms with Crippen LogP contribution in [0.2, 0.25) is 0 Å². The standard InChI is InChI=1S/C36H22N4O/c1-2-9-24(10-3-1)34-38-35(27-16-18-30-29-12-6-7-13-32(29)41-33(30)21-27)40-36(39-34)31-19-17-28(22-37-31)26-15-14-23-8-4-5-11-25(23)20-26/h1-22H. The van der Waals surface area contributed by atoms with Crippen molar-refractivity contribution in [2.45, 2.75) is 0 Å². The van der Waals surface area contributed by atoms with E-state index in [2.05, 4.69) is 60.7 Å². The van der Waals surface area contributed by atoms with Gasteiger partial charge in [0.15, 0.2) is 17.5 Å². The number of para-hydroxylation sites is 1. The van der Waals surface area contributed by atoms with Crippen molar-refractivity contribution in [3.8, 4) is 45.4 Å². The molecule has 0 radical (unpaired) electrons. The van der Waals surface area contributed by atoms with Gasteiger partial charge >= 0.3 is 0 Å². The maximum absolute atomic E-state index is 6.14. The molecule has 0 atom stereocenters. The lowest BCUT2D eigenvalue weighted by molar-refractivity contribution is 0.669. The van der Waals surface area contributed by atoms with Crippen molar-refractivity contribution < 1.29 is 4.42 Å². The van der Waals surface area contributed by atoms with Crippen LogP contribution in [0.4, 0.5) is 0 Å². The molecular formula is C36H22N4O. The van der Waals surface area contributed by atoms with E-state index >= 15 is 0 Å². The highest BCUT2D eigenvalue weighted by atomic mass is 16.3. The highest BCUT2D eigenvalue weighted by Gasteiger charge is 2.15. The molecule has 0 amide bonds. The number of nitrogens with zero attached hydrogens (tertiary/aromatic N) is 4. The minimum atomic E-state index is 0.517. The molecule has 5 aromatic carbocycles. The summed E-state index contributed by atoms with van der Waals surface area (Å²) >= 11 is 0. The van der Waals surface area contributed by atoms with E-state index < -0.39 is 0 Å². The van der Waals surface area contributed by atoms with Gasteiger partial charge in [0.25, 0.3) is 0 Å². The van der Waals surface area contributed by atoms with E-state index in [1.807, 2.05) is 72.9 Å². The van der Waals surface area contributed by atoms with Crippen LogP contribution in [0.15, 0.2) is 138 Å². The average molecular weight is 527 g/mol. The smallest absolute Gasteiger partial charge is 0.182 e. The molecule has 0 N–H and O–H groups in total. The molecule has 0 bridgehead atoms. The monoisotopic (exact) mass is 526 g/mol. The predicted octanol–water partition coefficient (Wildman–Crippen LogP) is 8.99. The Morgan fingerprint density at radius 2 is 1.10 bits per heavy atom. The minimum Gasteiger partial charge on any atom is -0.456 e. The molecule has 0 aliphatic rings. The molecule has 8 aromatic rings. The van der Waals surface area contributed by atoms with Crippen LogP contribution < -0.4 is 0 Å². The van der Waals surface area contributed by atoms with Crippen LogP contribution in [-0.4, -0.2) is 19.9 Å². The third kappa shape index (κ3) is 4.21. The maximum Gasteiger partial charge on any atom is 0.182 e. The van der Waals surface area contributed by atoms with Gasteiger partial charge in [-0.15, -0.1) is 0 Å². The summed E-state index contributed by atoms with van der Waals surface area (Å²) < 4.78 is 6.14. The lowest BCUT2D eigenvalue weighted by atomic mass is 10.0. The van der Waals surface area contributed by atoms with Gasteiger partial charge in [0.1, 0.15) is 16.9 Å². The van der Waals surface area contributed by atoms with Crippen LogP contribution >= 0.6 is 0 Å². The first kappa shape index (κ1) is 23.2. The van der Waals surface area contributed by atoms with Crippen LogP contribution in [0.25, 0.3) is 78.1 Å². The average Bonchev–Trinajstić information content (AvgIpc) is 3.43. The molecule has 5 heteroatoms. The Kier molecular flexibility index (Phi) is 5.38. The number of fused-ring (bicyclic) bond motifs is 4. The van der Waals surface area contributed by atoms with Crippen LogP contribution in [0.1, 0.15) is 0 Å². The zero-order chi connectivity index (χ0) is 27.2. The number of rotatable bonds is 4. The van der Waals surface area contributed by atoms with Crippen molar-refractivity contribution in [2.24, 2.45) is 0 Å². The van der Waals surface area contributed by atoms with Crippen LogP contribution in [-0.2, 0) is 0 Å². The normalized spacial score (nSPS) is 11.4. The second-order valence-electron chi connectivity index (χ2n) is 9.98. The number of benzene rings is 5. The van der Waals surface area contributed by atoms with E-state index in [4.69, 9.17) is 24.4 Å². The summed E-state index contributed by atoms with van der Waals surface area (Å²) in [5.41, 5.74) is 6.25. The van der Waals surface area contributed by atoms with Gasteiger partial charge in [-0.3, -0.25) is 4.98 Å². The van der Waals surface area contributed by atoms with Crippen molar-refractivity contribution >= 4 is 32.7 Å². The maximum atomic E-state index is 6.14. The lowest BCUT2D eigenvalue weighted by Crippen LogP contribution is -2.01. The zero-order valence-electron chi connectivity index (χ0n) is 21.9. The first-order valence-electron chi connectivity index (χ1n) is 13.5. The van der Waals surface area contributed by atoms with E-state index in [1.54, 1.807) is 0 Å². The van der Waals surface area contributed by atoms with Gasteiger partial charge in [0.05, 0.1) is 0 Å². The number of hydrogen-bond donors (Lipinski definition) is 0. The molecule has 5 nitrogen and oxygen atoms in total. The van der Waals surface area contributed by atoms with Crippen molar-refractivity contribution in [3.63, 3.8) is 0 Å². The number of hydrogen-bond acceptors (Lipinski definition) is 5. The molecule has 0 unspecified atom stereocenters. The zero-order valence-corrected chi connectivity index (χ0v) is 21.9. The third-order valence-electron chi connectivity index (χ3n) is 7.38. The summed E-state index contributed by atoms with van der Waals surface area (Å²) in [5, 5.41) is 4.57. The molecule has 0 saturated heterocycles. The summed E-state index contributed by atoms with van der Waals surface area (Å²) in [6.45, 7) is 0. The molecule has 0 aliphatic heterocycles. The first-order chi connectivity index (χ1) is 20.3. The molecule has 0 aliphatic carbocycles. The molecule has 0 fully saturated rings. The highest BCUT2D eigenvalue weighted by Crippen LogP contribution is 2.32. The summed E-state index contributed by atoms with van der Waals surface area (Å²) in [5.74, 6) is 1.68. The fourth-order valence-electron chi connectivity index (χ4n) is 5.27. The van der Waals surface area contributed by atoms with E-state index in [0.717, 1.165) is 44.2 Å². The van der Waals surface area contributed by atoms with Crippen molar-refractivity contribution in [1.29, 1.82) is 0 Å². The number of pyridine rings is 1. The SMILES string of the molecule is c1ccc(-c2nc(-c3ccc4c(c3)oc3ccccc34)nc(-c3ccc(-c4ccc5ccccc5c4)cn3)n2)cc1. The summed E-state index contributed by atoms with van der Waals surface area (Å²) in [6, 6.07) is 43.0. The fraction of sp³-hybridized carbons (Fsp3) is 0. The van der Waals surface area contributed by atoms with Crippen LogP contribution in [0, 0.1) is 0 Å². The van der Waals surface area contributed by atoms with Crippen molar-refractivity contribution in [3.05, 3.63) is 134 Å². The summed E-state index contributed by atoms with van der Waals surface area (Å²) in [4.78, 5) is 19.4. The van der Waals surface area contributed by atoms with Gasteiger partial charge in [-0.25, -0.2) is 15.0 Å². The molecule has 8 rings (SSSR count). The Hall–Kier alpha value is -5.68. The number of aromatic nitrogens is 4. The predicted molar refractivity (Wildman–Crippen MR) is 164 cm³/mol. The Balaban J connectivity index is 1.23. The Labute approximate surface area is 235 Å². The van der Waals surface area contributed by atoms with Gasteiger partial charge in [-0.05, 0) is 46.7 Å². The third-order valence-corrected chi connectivity index (χ3v) is 7.38. The molecule has 0 spiro atoms. The molecule has 192 valence electrons. The van der Waals surface area contributed by atoms with Crippen LogP contribution in [0.3, 0.4) is 0 Å². The first-order valence-corrected chi connectivity index (χ1v) is 13.5. The lowest BCUT2D eigenvalue weighted by Gasteiger charge is -2.09. The van der Waals surface area contributed by atoms with E-state index in [9.17, 15) is 0 Å². The second-order valence-corrected chi connectivity index (χ2v) is 9.98. The Morgan fingerprint density at radius 3 is 1.95 bits per heavy atom. The van der Waals surface area contributed by atoms with Crippen molar-refractivity contribution in [1.82, 2.24) is 19.9 Å². The summed E-state index contributed by atoms with van der Waals surface area (Å²) in [7, 11) is 0. The molecule has 0 saturated carbocycles. The molecule has 3 heterocycles. The molecule has 3 aromatic heterocycles. The van der Waals surface area contributed by atoms with Gasteiger partial charge in [-0.1, -0.05) is 97.1 Å². The summed E-state index contributed by atoms with van der Waals surface area (Å²) in [6.07, 6.45) is 1.88. The highest BCUT2D eigenvalue weighted by molar-refractivity contribution is 6.05. The van der Waals surface area contributed by atoms with Crippen LogP contribution in [0.5, 0.6) is 0 Å². The molecular weight excluding hydrogens is 504 g/mol. The second kappa shape index (κ2) is 9.50. The van der Waals surface area contributed by atoms with Gasteiger partial charge in [0.2, 0.25) is 0 Å². The van der Waals surface area contributed by atoms with Crippen molar-refractivity contribution in [2.75, 3.05) is 0 Å². The van der Waals surface area contributed by atoms with Gasteiger partial charge < -0.3 is 4.42 Å². The Morgan fingerprint density at radius 1 is 0.415 bits per heavy atom. The van der Waals surface area contributed by atoms with Gasteiger partial charge in [-0.2, -0.15) is 0 Å². The number of furan rings is 1. The van der Waals surface area contributed by atoms with E-state index in [0.29, 0.717) is 23.2 Å². The fourth-order valence-corrected chi connectivity index (χ4v) is 5.27.